The van der Waals surface area contributed by atoms with Crippen LogP contribution in [0.25, 0.3) is 0 Å². The summed E-state index contributed by atoms with van der Waals surface area (Å²) >= 11 is 3.35. The summed E-state index contributed by atoms with van der Waals surface area (Å²) in [6.45, 7) is 3.21. The lowest BCUT2D eigenvalue weighted by Gasteiger charge is -2.34. The van der Waals surface area contributed by atoms with Crippen LogP contribution >= 0.6 is 15.9 Å². The van der Waals surface area contributed by atoms with E-state index in [0.29, 0.717) is 25.3 Å². The van der Waals surface area contributed by atoms with E-state index in [1.165, 1.54) is 0 Å². The first-order valence-electron chi connectivity index (χ1n) is 6.40. The summed E-state index contributed by atoms with van der Waals surface area (Å²) in [5.41, 5.74) is 0. The Labute approximate surface area is 121 Å². The summed E-state index contributed by atoms with van der Waals surface area (Å²) < 4.78 is 6.44. The van der Waals surface area contributed by atoms with Crippen LogP contribution in [0.5, 0.6) is 5.75 Å². The molecule has 4 nitrogen and oxygen atoms in total. The van der Waals surface area contributed by atoms with Gasteiger partial charge in [-0.2, -0.15) is 0 Å². The van der Waals surface area contributed by atoms with Crippen LogP contribution < -0.4 is 4.74 Å². The summed E-state index contributed by atoms with van der Waals surface area (Å²) in [6, 6.07) is 7.39. The summed E-state index contributed by atoms with van der Waals surface area (Å²) in [6.07, 6.45) is 0.349. The van der Waals surface area contributed by atoms with Gasteiger partial charge >= 0.3 is 0 Å². The molecule has 1 saturated heterocycles. The molecule has 0 aromatic heterocycles. The predicted molar refractivity (Wildman–Crippen MR) is 76.0 cm³/mol. The van der Waals surface area contributed by atoms with Crippen LogP contribution in [0, 0.1) is 5.92 Å². The number of likely N-dealkylation sites (tertiary alicyclic amines) is 1. The molecule has 5 heteroatoms. The molecule has 1 aliphatic rings. The van der Waals surface area contributed by atoms with Crippen molar-refractivity contribution < 1.29 is 14.6 Å². The minimum absolute atomic E-state index is 0.0262. The van der Waals surface area contributed by atoms with Crippen molar-refractivity contribution in [2.45, 2.75) is 19.4 Å². The van der Waals surface area contributed by atoms with E-state index >= 15 is 0 Å². The number of benzene rings is 1. The van der Waals surface area contributed by atoms with Crippen molar-refractivity contribution in [1.29, 1.82) is 0 Å². The van der Waals surface area contributed by atoms with Crippen LogP contribution in [0.15, 0.2) is 28.7 Å². The highest BCUT2D eigenvalue weighted by molar-refractivity contribution is 9.10. The SMILES string of the molecule is CC1CN(C(=O)COc2ccc(Br)cc2)CCC1O. The number of hydrogen-bond acceptors (Lipinski definition) is 3. The Hall–Kier alpha value is -1.07. The Morgan fingerprint density at radius 1 is 1.47 bits per heavy atom. The molecule has 1 aliphatic heterocycles. The number of aliphatic hydroxyl groups excluding tert-OH is 1. The fourth-order valence-electron chi connectivity index (χ4n) is 2.13. The molecule has 0 radical (unpaired) electrons. The number of aliphatic hydroxyl groups is 1. The zero-order valence-corrected chi connectivity index (χ0v) is 12.5. The number of rotatable bonds is 3. The second-order valence-electron chi connectivity index (χ2n) is 4.92. The molecule has 0 bridgehead atoms. The van der Waals surface area contributed by atoms with E-state index in [9.17, 15) is 9.90 Å². The molecule has 1 heterocycles. The van der Waals surface area contributed by atoms with Gasteiger partial charge in [0, 0.05) is 17.6 Å². The second-order valence-corrected chi connectivity index (χ2v) is 5.83. The van der Waals surface area contributed by atoms with Gasteiger partial charge in [-0.15, -0.1) is 0 Å². The van der Waals surface area contributed by atoms with E-state index in [2.05, 4.69) is 15.9 Å². The molecule has 1 amide bonds. The first-order valence-corrected chi connectivity index (χ1v) is 7.20. The average Bonchev–Trinajstić information content (AvgIpc) is 2.41. The zero-order valence-electron chi connectivity index (χ0n) is 10.9. The van der Waals surface area contributed by atoms with Crippen LogP contribution in [0.2, 0.25) is 0 Å². The third kappa shape index (κ3) is 3.94. The van der Waals surface area contributed by atoms with Gasteiger partial charge in [-0.3, -0.25) is 4.79 Å². The molecule has 1 aromatic carbocycles. The fourth-order valence-corrected chi connectivity index (χ4v) is 2.39. The van der Waals surface area contributed by atoms with Gasteiger partial charge in [-0.05, 0) is 36.6 Å². The number of amides is 1. The molecule has 0 aliphatic carbocycles. The van der Waals surface area contributed by atoms with Crippen LogP contribution in [-0.4, -0.2) is 41.7 Å². The fraction of sp³-hybridized carbons (Fsp3) is 0.500. The Morgan fingerprint density at radius 2 is 2.16 bits per heavy atom. The molecule has 0 spiro atoms. The molecular formula is C14H18BrNO3. The number of halogens is 1. The Morgan fingerprint density at radius 3 is 2.79 bits per heavy atom. The number of ether oxygens (including phenoxy) is 1. The normalized spacial score (nSPS) is 23.2. The highest BCUT2D eigenvalue weighted by atomic mass is 79.9. The Bertz CT molecular complexity index is 435. The highest BCUT2D eigenvalue weighted by Gasteiger charge is 2.27. The van der Waals surface area contributed by atoms with Gasteiger partial charge < -0.3 is 14.7 Å². The lowest BCUT2D eigenvalue weighted by atomic mass is 9.97. The maximum Gasteiger partial charge on any atom is 0.260 e. The second kappa shape index (κ2) is 6.39. The molecule has 1 N–H and O–H groups in total. The predicted octanol–water partition coefficient (Wildman–Crippen LogP) is 2.06. The molecule has 19 heavy (non-hydrogen) atoms. The Kier molecular flexibility index (Phi) is 4.82. The molecule has 1 fully saturated rings. The number of hydrogen-bond donors (Lipinski definition) is 1. The van der Waals surface area contributed by atoms with Crippen molar-refractivity contribution in [3.8, 4) is 5.75 Å². The van der Waals surface area contributed by atoms with Crippen LogP contribution in [-0.2, 0) is 4.79 Å². The molecule has 2 unspecified atom stereocenters. The van der Waals surface area contributed by atoms with Gasteiger partial charge in [0.15, 0.2) is 6.61 Å². The third-order valence-electron chi connectivity index (χ3n) is 3.39. The average molecular weight is 328 g/mol. The molecule has 104 valence electrons. The van der Waals surface area contributed by atoms with E-state index in [1.54, 1.807) is 4.90 Å². The third-order valence-corrected chi connectivity index (χ3v) is 3.92. The summed E-state index contributed by atoms with van der Waals surface area (Å²) in [7, 11) is 0. The van der Waals surface area contributed by atoms with Crippen molar-refractivity contribution in [3.63, 3.8) is 0 Å². The lowest BCUT2D eigenvalue weighted by Crippen LogP contribution is -2.46. The van der Waals surface area contributed by atoms with Crippen LogP contribution in [0.4, 0.5) is 0 Å². The van der Waals surface area contributed by atoms with Gasteiger partial charge in [0.1, 0.15) is 5.75 Å². The smallest absolute Gasteiger partial charge is 0.260 e. The number of carbonyl (C=O) groups is 1. The van der Waals surface area contributed by atoms with Crippen molar-refractivity contribution in [3.05, 3.63) is 28.7 Å². The van der Waals surface area contributed by atoms with Gasteiger partial charge in [0.05, 0.1) is 6.10 Å². The minimum atomic E-state index is -0.295. The van der Waals surface area contributed by atoms with Gasteiger partial charge in [0.2, 0.25) is 0 Å². The highest BCUT2D eigenvalue weighted by Crippen LogP contribution is 2.18. The van der Waals surface area contributed by atoms with Crippen molar-refractivity contribution in [2.24, 2.45) is 5.92 Å². The molecular weight excluding hydrogens is 310 g/mol. The van der Waals surface area contributed by atoms with Gasteiger partial charge in [-0.1, -0.05) is 22.9 Å². The van der Waals surface area contributed by atoms with E-state index in [0.717, 1.165) is 4.47 Å². The van der Waals surface area contributed by atoms with Crippen molar-refractivity contribution in [1.82, 2.24) is 4.90 Å². The topological polar surface area (TPSA) is 49.8 Å². The van der Waals surface area contributed by atoms with Gasteiger partial charge in [0.25, 0.3) is 5.91 Å². The van der Waals surface area contributed by atoms with Crippen molar-refractivity contribution in [2.75, 3.05) is 19.7 Å². The number of nitrogens with zero attached hydrogens (tertiary/aromatic N) is 1. The van der Waals surface area contributed by atoms with Gasteiger partial charge in [-0.25, -0.2) is 0 Å². The maximum absolute atomic E-state index is 12.0. The van der Waals surface area contributed by atoms with E-state index in [1.807, 2.05) is 31.2 Å². The van der Waals surface area contributed by atoms with Crippen LogP contribution in [0.3, 0.4) is 0 Å². The summed E-state index contributed by atoms with van der Waals surface area (Å²) in [5, 5.41) is 9.64. The van der Waals surface area contributed by atoms with Crippen LogP contribution in [0.1, 0.15) is 13.3 Å². The monoisotopic (exact) mass is 327 g/mol. The van der Waals surface area contributed by atoms with E-state index in [4.69, 9.17) is 4.74 Å². The molecule has 2 rings (SSSR count). The minimum Gasteiger partial charge on any atom is -0.484 e. The first-order chi connectivity index (χ1) is 9.06. The lowest BCUT2D eigenvalue weighted by molar-refractivity contribution is -0.136. The number of piperidine rings is 1. The largest absolute Gasteiger partial charge is 0.484 e. The molecule has 2 atom stereocenters. The Balaban J connectivity index is 1.83. The maximum atomic E-state index is 12.0. The summed E-state index contributed by atoms with van der Waals surface area (Å²) in [4.78, 5) is 13.8. The zero-order chi connectivity index (χ0) is 13.8. The quantitative estimate of drug-likeness (QED) is 0.924. The van der Waals surface area contributed by atoms with E-state index < -0.39 is 0 Å². The van der Waals surface area contributed by atoms with Crippen molar-refractivity contribution >= 4 is 21.8 Å². The standard InChI is InChI=1S/C14H18BrNO3/c1-10-8-16(7-6-13(10)17)14(18)9-19-12-4-2-11(15)3-5-12/h2-5,10,13,17H,6-9H2,1H3. The summed E-state index contributed by atoms with van der Waals surface area (Å²) in [5.74, 6) is 0.786. The molecule has 0 saturated carbocycles. The number of carbonyl (C=O) groups excluding carboxylic acids is 1. The molecule has 1 aromatic rings. The first kappa shape index (κ1) is 14.3. The van der Waals surface area contributed by atoms with E-state index in [-0.39, 0.29) is 24.5 Å².